The largest absolute Gasteiger partial charge is 0.459 e. The minimum Gasteiger partial charge on any atom is -0.459 e. The lowest BCUT2D eigenvalue weighted by molar-refractivity contribution is 0.0637. The second kappa shape index (κ2) is 5.66. The van der Waals surface area contributed by atoms with Crippen molar-refractivity contribution < 1.29 is 14.0 Å². The van der Waals surface area contributed by atoms with E-state index < -0.39 is 0 Å². The van der Waals surface area contributed by atoms with Gasteiger partial charge in [-0.15, -0.1) is 0 Å². The molecule has 1 aromatic heterocycles. The highest BCUT2D eigenvalue weighted by molar-refractivity contribution is 5.91. The fraction of sp³-hybridized carbons (Fsp3) is 0.625. The number of urea groups is 1. The van der Waals surface area contributed by atoms with Crippen LogP contribution in [0.15, 0.2) is 22.8 Å². The molecule has 3 amide bonds. The predicted octanol–water partition coefficient (Wildman–Crippen LogP) is 1.79. The molecule has 6 heteroatoms. The molecule has 0 bridgehead atoms. The summed E-state index contributed by atoms with van der Waals surface area (Å²) in [6.45, 7) is 2.29. The predicted molar refractivity (Wildman–Crippen MR) is 81.5 cm³/mol. The summed E-state index contributed by atoms with van der Waals surface area (Å²) in [5, 5.41) is 2.96. The van der Waals surface area contributed by atoms with Crippen LogP contribution in [0, 0.1) is 11.3 Å². The standard InChI is InChI=1S/C16H23N3O3/c1-18(2)15(21)17-11-12-10-16(12)5-7-19(8-6-16)14(20)13-4-3-9-22-13/h3-4,9,12H,5-8,10-11H2,1-2H3,(H,17,21)/t12-/m1/s1. The maximum Gasteiger partial charge on any atom is 0.316 e. The molecule has 1 aliphatic heterocycles. The van der Waals surface area contributed by atoms with E-state index in [4.69, 9.17) is 4.42 Å². The summed E-state index contributed by atoms with van der Waals surface area (Å²) in [6, 6.07) is 3.42. The molecule has 0 radical (unpaired) electrons. The minimum atomic E-state index is -0.0347. The van der Waals surface area contributed by atoms with E-state index in [1.807, 2.05) is 4.90 Å². The number of hydrogen-bond donors (Lipinski definition) is 1. The SMILES string of the molecule is CN(C)C(=O)NC[C@H]1CC12CCN(C(=O)c1ccco1)CC2. The van der Waals surface area contributed by atoms with Crippen LogP contribution in [0.4, 0.5) is 4.79 Å². The fourth-order valence-electron chi connectivity index (χ4n) is 3.41. The van der Waals surface area contributed by atoms with Crippen LogP contribution in [-0.2, 0) is 0 Å². The highest BCUT2D eigenvalue weighted by Crippen LogP contribution is 2.59. The molecular formula is C16H23N3O3. The molecule has 0 aromatic carbocycles. The first-order chi connectivity index (χ1) is 10.5. The van der Waals surface area contributed by atoms with Gasteiger partial charge < -0.3 is 19.5 Å². The second-order valence-corrected chi connectivity index (χ2v) is 6.61. The Bertz CT molecular complexity index is 545. The van der Waals surface area contributed by atoms with Gasteiger partial charge in [0.1, 0.15) is 0 Å². The van der Waals surface area contributed by atoms with Gasteiger partial charge in [-0.2, -0.15) is 0 Å². The molecule has 2 fully saturated rings. The van der Waals surface area contributed by atoms with Crippen molar-refractivity contribution in [2.24, 2.45) is 11.3 Å². The van der Waals surface area contributed by atoms with Crippen molar-refractivity contribution in [1.29, 1.82) is 0 Å². The monoisotopic (exact) mass is 305 g/mol. The summed E-state index contributed by atoms with van der Waals surface area (Å²) in [4.78, 5) is 27.2. The highest BCUT2D eigenvalue weighted by Gasteiger charge is 2.54. The topological polar surface area (TPSA) is 65.8 Å². The minimum absolute atomic E-state index is 0.0158. The molecule has 22 heavy (non-hydrogen) atoms. The lowest BCUT2D eigenvalue weighted by atomic mass is 9.90. The van der Waals surface area contributed by atoms with Gasteiger partial charge in [-0.3, -0.25) is 4.79 Å². The lowest BCUT2D eigenvalue weighted by Crippen LogP contribution is -2.40. The third-order valence-corrected chi connectivity index (χ3v) is 5.04. The van der Waals surface area contributed by atoms with Crippen LogP contribution in [0.1, 0.15) is 29.8 Å². The molecule has 1 atom stereocenters. The van der Waals surface area contributed by atoms with Gasteiger partial charge >= 0.3 is 6.03 Å². The molecule has 120 valence electrons. The van der Waals surface area contributed by atoms with Gasteiger partial charge in [-0.05, 0) is 42.7 Å². The first-order valence-corrected chi connectivity index (χ1v) is 7.80. The van der Waals surface area contributed by atoms with Crippen molar-refractivity contribution in [2.75, 3.05) is 33.7 Å². The summed E-state index contributed by atoms with van der Waals surface area (Å²) in [6.07, 6.45) is 4.72. The van der Waals surface area contributed by atoms with Crippen molar-refractivity contribution in [3.05, 3.63) is 24.2 Å². The first-order valence-electron chi connectivity index (χ1n) is 7.80. The molecule has 3 rings (SSSR count). The summed E-state index contributed by atoms with van der Waals surface area (Å²) in [5.74, 6) is 0.955. The van der Waals surface area contributed by atoms with Gasteiger partial charge in [0.25, 0.3) is 5.91 Å². The number of likely N-dealkylation sites (tertiary alicyclic amines) is 1. The molecule has 1 aliphatic carbocycles. The number of carbonyl (C=O) groups is 2. The molecule has 0 unspecified atom stereocenters. The van der Waals surface area contributed by atoms with Gasteiger partial charge in [-0.1, -0.05) is 0 Å². The quantitative estimate of drug-likeness (QED) is 0.926. The Morgan fingerprint density at radius 1 is 1.41 bits per heavy atom. The van der Waals surface area contributed by atoms with Gasteiger partial charge in [0.15, 0.2) is 5.76 Å². The van der Waals surface area contributed by atoms with Crippen LogP contribution in [0.2, 0.25) is 0 Å². The zero-order valence-corrected chi connectivity index (χ0v) is 13.2. The Balaban J connectivity index is 1.47. The number of amides is 3. The highest BCUT2D eigenvalue weighted by atomic mass is 16.3. The maximum absolute atomic E-state index is 12.2. The molecular weight excluding hydrogens is 282 g/mol. The number of nitrogens with one attached hydrogen (secondary N) is 1. The maximum atomic E-state index is 12.2. The molecule has 1 saturated carbocycles. The van der Waals surface area contributed by atoms with Crippen LogP contribution >= 0.6 is 0 Å². The number of hydrogen-bond acceptors (Lipinski definition) is 3. The summed E-state index contributed by atoms with van der Waals surface area (Å²) in [7, 11) is 3.49. The average molecular weight is 305 g/mol. The Hall–Kier alpha value is -1.98. The van der Waals surface area contributed by atoms with Gasteiger partial charge in [0.05, 0.1) is 6.26 Å². The molecule has 1 N–H and O–H groups in total. The van der Waals surface area contributed by atoms with Crippen LogP contribution in [0.25, 0.3) is 0 Å². The molecule has 1 spiro atoms. The Morgan fingerprint density at radius 2 is 2.14 bits per heavy atom. The zero-order chi connectivity index (χ0) is 15.7. The van der Waals surface area contributed by atoms with E-state index in [1.165, 1.54) is 6.26 Å². The van der Waals surface area contributed by atoms with E-state index >= 15 is 0 Å². The van der Waals surface area contributed by atoms with E-state index in [9.17, 15) is 9.59 Å². The van der Waals surface area contributed by atoms with Crippen LogP contribution < -0.4 is 5.32 Å². The average Bonchev–Trinajstić information content (AvgIpc) is 2.93. The van der Waals surface area contributed by atoms with Crippen molar-refractivity contribution in [3.63, 3.8) is 0 Å². The van der Waals surface area contributed by atoms with Crippen molar-refractivity contribution >= 4 is 11.9 Å². The normalized spacial score (nSPS) is 22.5. The summed E-state index contributed by atoms with van der Waals surface area (Å²) >= 11 is 0. The Morgan fingerprint density at radius 3 is 2.73 bits per heavy atom. The third-order valence-electron chi connectivity index (χ3n) is 5.04. The smallest absolute Gasteiger partial charge is 0.316 e. The molecule has 1 saturated heterocycles. The van der Waals surface area contributed by atoms with Crippen molar-refractivity contribution in [1.82, 2.24) is 15.1 Å². The number of carbonyl (C=O) groups excluding carboxylic acids is 2. The molecule has 6 nitrogen and oxygen atoms in total. The van der Waals surface area contributed by atoms with E-state index in [2.05, 4.69) is 5.32 Å². The lowest BCUT2D eigenvalue weighted by Gasteiger charge is -2.32. The molecule has 2 heterocycles. The van der Waals surface area contributed by atoms with Crippen molar-refractivity contribution in [2.45, 2.75) is 19.3 Å². The number of rotatable bonds is 3. The second-order valence-electron chi connectivity index (χ2n) is 6.61. The Kier molecular flexibility index (Phi) is 3.85. The Labute approximate surface area is 130 Å². The number of nitrogens with zero attached hydrogens (tertiary/aromatic N) is 2. The fourth-order valence-corrected chi connectivity index (χ4v) is 3.41. The van der Waals surface area contributed by atoms with Gasteiger partial charge in [0.2, 0.25) is 0 Å². The number of furan rings is 1. The van der Waals surface area contributed by atoms with Gasteiger partial charge in [-0.25, -0.2) is 4.79 Å². The molecule has 1 aromatic rings. The third kappa shape index (κ3) is 2.82. The van der Waals surface area contributed by atoms with Gasteiger partial charge in [0, 0.05) is 33.7 Å². The summed E-state index contributed by atoms with van der Waals surface area (Å²) in [5.41, 5.74) is 0.333. The summed E-state index contributed by atoms with van der Waals surface area (Å²) < 4.78 is 5.18. The van der Waals surface area contributed by atoms with Crippen LogP contribution in [-0.4, -0.2) is 55.5 Å². The number of piperidine rings is 1. The zero-order valence-electron chi connectivity index (χ0n) is 13.2. The van der Waals surface area contributed by atoms with E-state index in [-0.39, 0.29) is 11.9 Å². The van der Waals surface area contributed by atoms with Crippen molar-refractivity contribution in [3.8, 4) is 0 Å². The van der Waals surface area contributed by atoms with E-state index in [1.54, 1.807) is 31.1 Å². The van der Waals surface area contributed by atoms with E-state index in [0.717, 1.165) is 38.9 Å². The first kappa shape index (κ1) is 14.9. The van der Waals surface area contributed by atoms with Crippen LogP contribution in [0.3, 0.4) is 0 Å². The van der Waals surface area contributed by atoms with Crippen LogP contribution in [0.5, 0.6) is 0 Å². The van der Waals surface area contributed by atoms with E-state index in [0.29, 0.717) is 17.1 Å². The molecule has 2 aliphatic rings.